The highest BCUT2D eigenvalue weighted by Gasteiger charge is 2.32. The molecule has 0 spiro atoms. The van der Waals surface area contributed by atoms with Crippen LogP contribution in [0, 0.1) is 12.8 Å². The van der Waals surface area contributed by atoms with Crippen molar-refractivity contribution < 1.29 is 9.53 Å². The summed E-state index contributed by atoms with van der Waals surface area (Å²) in [6, 6.07) is 4.21. The van der Waals surface area contributed by atoms with Gasteiger partial charge < -0.3 is 4.74 Å². The van der Waals surface area contributed by atoms with E-state index in [4.69, 9.17) is 17.0 Å². The Balaban J connectivity index is 2.39. The molecule has 25 heavy (non-hydrogen) atoms. The predicted molar refractivity (Wildman–Crippen MR) is 111 cm³/mol. The highest BCUT2D eigenvalue weighted by molar-refractivity contribution is 8.26. The van der Waals surface area contributed by atoms with Crippen LogP contribution in [-0.4, -0.2) is 28.3 Å². The zero-order chi connectivity index (χ0) is 18.7. The van der Waals surface area contributed by atoms with Gasteiger partial charge in [0.25, 0.3) is 5.91 Å². The average Bonchev–Trinajstić information content (AvgIpc) is 2.77. The smallest absolute Gasteiger partial charge is 0.266 e. The van der Waals surface area contributed by atoms with Crippen molar-refractivity contribution in [2.45, 2.75) is 47.5 Å². The van der Waals surface area contributed by atoms with Crippen LogP contribution < -0.4 is 4.74 Å². The molecule has 0 saturated carbocycles. The summed E-state index contributed by atoms with van der Waals surface area (Å²) in [6.07, 6.45) is 1.97. The highest BCUT2D eigenvalue weighted by atomic mass is 32.2. The molecule has 1 aliphatic heterocycles. The molecule has 1 aliphatic rings. The molecule has 1 fully saturated rings. The second kappa shape index (κ2) is 8.37. The summed E-state index contributed by atoms with van der Waals surface area (Å²) in [4.78, 5) is 15.1. The number of benzene rings is 1. The molecule has 1 aromatic carbocycles. The molecule has 0 N–H and O–H groups in total. The summed E-state index contributed by atoms with van der Waals surface area (Å²) in [5.41, 5.74) is 3.32. The van der Waals surface area contributed by atoms with Gasteiger partial charge in [-0.2, -0.15) is 0 Å². The Kier molecular flexibility index (Phi) is 6.69. The number of carbonyl (C=O) groups excluding carboxylic acids is 1. The van der Waals surface area contributed by atoms with Crippen molar-refractivity contribution in [3.8, 4) is 5.75 Å². The van der Waals surface area contributed by atoms with Crippen molar-refractivity contribution in [2.75, 3.05) is 13.2 Å². The van der Waals surface area contributed by atoms with Gasteiger partial charge in [0.1, 0.15) is 10.1 Å². The van der Waals surface area contributed by atoms with Crippen LogP contribution >= 0.6 is 24.0 Å². The summed E-state index contributed by atoms with van der Waals surface area (Å²) in [5.74, 6) is 1.69. The molecule has 136 valence electrons. The van der Waals surface area contributed by atoms with E-state index in [9.17, 15) is 4.79 Å². The van der Waals surface area contributed by atoms with E-state index >= 15 is 0 Å². The Bertz CT molecular complexity index is 708. The quantitative estimate of drug-likeness (QED) is 0.492. The SMILES string of the molecule is CCOc1cc(C)c(C=C2SC(=S)N(CC(C)C)C2=O)cc1C(C)C. The number of carbonyl (C=O) groups is 1. The molecule has 5 heteroatoms. The molecular weight excluding hydrogens is 350 g/mol. The third kappa shape index (κ3) is 4.64. The Hall–Kier alpha value is -1.33. The average molecular weight is 378 g/mol. The van der Waals surface area contributed by atoms with Crippen LogP contribution in [0.25, 0.3) is 6.08 Å². The van der Waals surface area contributed by atoms with Crippen LogP contribution in [0.1, 0.15) is 57.2 Å². The van der Waals surface area contributed by atoms with Gasteiger partial charge in [0.2, 0.25) is 0 Å². The third-order valence-corrected chi connectivity index (χ3v) is 5.41. The molecule has 0 atom stereocenters. The predicted octanol–water partition coefficient (Wildman–Crippen LogP) is 5.37. The van der Waals surface area contributed by atoms with Crippen LogP contribution in [0.3, 0.4) is 0 Å². The first kappa shape index (κ1) is 20.0. The molecule has 1 saturated heterocycles. The Morgan fingerprint density at radius 3 is 2.52 bits per heavy atom. The first-order valence-corrected chi connectivity index (χ1v) is 9.99. The molecule has 1 heterocycles. The zero-order valence-electron chi connectivity index (χ0n) is 15.9. The molecule has 1 amide bonds. The number of nitrogens with zero attached hydrogens (tertiary/aromatic N) is 1. The first-order chi connectivity index (χ1) is 11.7. The number of amides is 1. The second-order valence-electron chi connectivity index (χ2n) is 7.02. The van der Waals surface area contributed by atoms with E-state index in [1.54, 1.807) is 4.90 Å². The van der Waals surface area contributed by atoms with Crippen LogP contribution in [-0.2, 0) is 4.79 Å². The van der Waals surface area contributed by atoms with Gasteiger partial charge in [-0.15, -0.1) is 0 Å². The molecule has 3 nitrogen and oxygen atoms in total. The number of ether oxygens (including phenoxy) is 1. The molecule has 0 aromatic heterocycles. The molecule has 1 aromatic rings. The maximum Gasteiger partial charge on any atom is 0.266 e. The summed E-state index contributed by atoms with van der Waals surface area (Å²) in [5, 5.41) is 0. The van der Waals surface area contributed by atoms with Crippen LogP contribution in [0.15, 0.2) is 17.0 Å². The number of hydrogen-bond donors (Lipinski definition) is 0. The number of thiocarbonyl (C=S) groups is 1. The van der Waals surface area contributed by atoms with Crippen molar-refractivity contribution in [1.82, 2.24) is 4.90 Å². The van der Waals surface area contributed by atoms with Gasteiger partial charge >= 0.3 is 0 Å². The minimum absolute atomic E-state index is 0.0167. The summed E-state index contributed by atoms with van der Waals surface area (Å²) >= 11 is 6.79. The van der Waals surface area contributed by atoms with Crippen LogP contribution in [0.2, 0.25) is 0 Å². The minimum Gasteiger partial charge on any atom is -0.494 e. The Morgan fingerprint density at radius 1 is 1.28 bits per heavy atom. The number of hydrogen-bond acceptors (Lipinski definition) is 4. The van der Waals surface area contributed by atoms with Crippen molar-refractivity contribution in [2.24, 2.45) is 5.92 Å². The van der Waals surface area contributed by atoms with Gasteiger partial charge in [-0.1, -0.05) is 51.7 Å². The van der Waals surface area contributed by atoms with E-state index in [0.29, 0.717) is 34.2 Å². The summed E-state index contributed by atoms with van der Waals surface area (Å²) in [7, 11) is 0. The topological polar surface area (TPSA) is 29.5 Å². The van der Waals surface area contributed by atoms with Crippen molar-refractivity contribution in [3.05, 3.63) is 33.7 Å². The lowest BCUT2D eigenvalue weighted by atomic mass is 9.96. The molecule has 2 rings (SSSR count). The van der Waals surface area contributed by atoms with Gasteiger partial charge in [-0.25, -0.2) is 0 Å². The lowest BCUT2D eigenvalue weighted by Gasteiger charge is -2.17. The zero-order valence-corrected chi connectivity index (χ0v) is 17.5. The Labute approximate surface area is 160 Å². The van der Waals surface area contributed by atoms with E-state index in [1.807, 2.05) is 19.9 Å². The number of thioether (sulfide) groups is 1. The number of rotatable bonds is 6. The monoisotopic (exact) mass is 377 g/mol. The summed E-state index contributed by atoms with van der Waals surface area (Å²) in [6.45, 7) is 13.8. The first-order valence-electron chi connectivity index (χ1n) is 8.77. The van der Waals surface area contributed by atoms with E-state index in [1.165, 1.54) is 11.8 Å². The maximum absolute atomic E-state index is 12.7. The second-order valence-corrected chi connectivity index (χ2v) is 8.70. The highest BCUT2D eigenvalue weighted by Crippen LogP contribution is 2.36. The standard InChI is InChI=1S/C20H27NO2S2/c1-7-23-17-8-14(6)15(9-16(17)13(4)5)10-18-19(22)21(11-12(2)3)20(24)25-18/h8-10,12-13H,7,11H2,1-6H3. The number of aryl methyl sites for hydroxylation is 1. The van der Waals surface area contributed by atoms with Crippen LogP contribution in [0.5, 0.6) is 5.75 Å². The molecule has 0 aliphatic carbocycles. The van der Waals surface area contributed by atoms with Gasteiger partial charge in [0, 0.05) is 6.54 Å². The molecule has 0 radical (unpaired) electrons. The molecule has 0 unspecified atom stereocenters. The third-order valence-electron chi connectivity index (χ3n) is 4.03. The van der Waals surface area contributed by atoms with E-state index in [0.717, 1.165) is 22.4 Å². The van der Waals surface area contributed by atoms with Gasteiger partial charge in [0.05, 0.1) is 11.5 Å². The Morgan fingerprint density at radius 2 is 1.96 bits per heavy atom. The fourth-order valence-electron chi connectivity index (χ4n) is 2.77. The fourth-order valence-corrected chi connectivity index (χ4v) is 4.03. The molecule has 0 bridgehead atoms. The normalized spacial score (nSPS) is 16.6. The minimum atomic E-state index is 0.0167. The van der Waals surface area contributed by atoms with Gasteiger partial charge in [-0.05, 0) is 60.6 Å². The van der Waals surface area contributed by atoms with Gasteiger partial charge in [-0.3, -0.25) is 9.69 Å². The van der Waals surface area contributed by atoms with E-state index in [-0.39, 0.29) is 5.91 Å². The van der Waals surface area contributed by atoms with Crippen molar-refractivity contribution in [1.29, 1.82) is 0 Å². The van der Waals surface area contributed by atoms with E-state index in [2.05, 4.69) is 39.8 Å². The van der Waals surface area contributed by atoms with Crippen molar-refractivity contribution in [3.63, 3.8) is 0 Å². The van der Waals surface area contributed by atoms with E-state index < -0.39 is 0 Å². The summed E-state index contributed by atoms with van der Waals surface area (Å²) < 4.78 is 6.43. The maximum atomic E-state index is 12.7. The van der Waals surface area contributed by atoms with Crippen molar-refractivity contribution >= 4 is 40.3 Å². The van der Waals surface area contributed by atoms with Gasteiger partial charge in [0.15, 0.2) is 0 Å². The fraction of sp³-hybridized carbons (Fsp3) is 0.500. The largest absolute Gasteiger partial charge is 0.494 e. The molecular formula is C20H27NO2S2. The lowest BCUT2D eigenvalue weighted by molar-refractivity contribution is -0.122. The lowest BCUT2D eigenvalue weighted by Crippen LogP contribution is -2.31. The van der Waals surface area contributed by atoms with Crippen LogP contribution in [0.4, 0.5) is 0 Å².